The van der Waals surface area contributed by atoms with Crippen molar-refractivity contribution in [3.05, 3.63) is 30.1 Å². The third-order valence-corrected chi connectivity index (χ3v) is 3.92. The Labute approximate surface area is 126 Å². The second-order valence-corrected chi connectivity index (χ2v) is 5.42. The molecule has 1 aliphatic heterocycles. The average molecular weight is 310 g/mol. The number of aromatic nitrogens is 2. The molecule has 2 aromatic rings. The summed E-state index contributed by atoms with van der Waals surface area (Å²) in [7, 11) is 0. The number of hydrogen-bond acceptors (Lipinski definition) is 4. The minimum atomic E-state index is -4.36. The third kappa shape index (κ3) is 2.85. The lowest BCUT2D eigenvalue weighted by Crippen LogP contribution is -2.32. The molecular weight excluding hydrogens is 293 g/mol. The quantitative estimate of drug-likeness (QED) is 0.946. The number of nitrogens with one attached hydrogen (secondary N) is 1. The first kappa shape index (κ1) is 15.0. The first-order valence-electron chi connectivity index (χ1n) is 7.29. The van der Waals surface area contributed by atoms with Crippen LogP contribution in [-0.4, -0.2) is 35.6 Å². The molecule has 1 aromatic carbocycles. The number of likely N-dealkylation sites (N-methyl/N-ethyl adjacent to an activating group) is 1. The first-order chi connectivity index (χ1) is 10.5. The molecule has 0 saturated carbocycles. The fourth-order valence-corrected chi connectivity index (χ4v) is 2.88. The maximum atomic E-state index is 12.8. The highest BCUT2D eigenvalue weighted by Crippen LogP contribution is 2.33. The molecule has 1 atom stereocenters. The van der Waals surface area contributed by atoms with E-state index in [0.29, 0.717) is 22.8 Å². The molecule has 4 nitrogen and oxygen atoms in total. The van der Waals surface area contributed by atoms with Crippen molar-refractivity contribution in [2.45, 2.75) is 25.6 Å². The monoisotopic (exact) mass is 310 g/mol. The van der Waals surface area contributed by atoms with Gasteiger partial charge in [-0.05, 0) is 31.2 Å². The zero-order chi connectivity index (χ0) is 15.7. The predicted octanol–water partition coefficient (Wildman–Crippen LogP) is 2.84. The summed E-state index contributed by atoms with van der Waals surface area (Å²) in [6.07, 6.45) is -2.03. The third-order valence-electron chi connectivity index (χ3n) is 3.92. The van der Waals surface area contributed by atoms with Crippen molar-refractivity contribution in [3.63, 3.8) is 0 Å². The van der Waals surface area contributed by atoms with Gasteiger partial charge in [-0.15, -0.1) is 0 Å². The van der Waals surface area contributed by atoms with Crippen LogP contribution in [0.1, 0.15) is 18.9 Å². The molecule has 0 radical (unpaired) electrons. The topological polar surface area (TPSA) is 41.0 Å². The fraction of sp³-hybridized carbons (Fsp3) is 0.467. The summed E-state index contributed by atoms with van der Waals surface area (Å²) < 4.78 is 38.4. The summed E-state index contributed by atoms with van der Waals surface area (Å²) in [6, 6.07) is 4.03. The molecule has 2 heterocycles. The van der Waals surface area contributed by atoms with Gasteiger partial charge in [-0.3, -0.25) is 0 Å². The number of nitrogens with zero attached hydrogens (tertiary/aromatic N) is 3. The minimum absolute atomic E-state index is 0.326. The predicted molar refractivity (Wildman–Crippen MR) is 78.8 cm³/mol. The Morgan fingerprint density at radius 1 is 1.32 bits per heavy atom. The van der Waals surface area contributed by atoms with Crippen LogP contribution in [-0.2, 0) is 6.18 Å². The first-order valence-corrected chi connectivity index (χ1v) is 7.29. The second-order valence-electron chi connectivity index (χ2n) is 5.42. The summed E-state index contributed by atoms with van der Waals surface area (Å²) in [6.45, 7) is 4.60. The number of halogens is 3. The van der Waals surface area contributed by atoms with Crippen LogP contribution in [0.4, 0.5) is 19.0 Å². The molecule has 0 spiro atoms. The van der Waals surface area contributed by atoms with E-state index in [2.05, 4.69) is 27.1 Å². The summed E-state index contributed by atoms with van der Waals surface area (Å²) >= 11 is 0. The average Bonchev–Trinajstić information content (AvgIpc) is 2.94. The molecule has 22 heavy (non-hydrogen) atoms. The van der Waals surface area contributed by atoms with Crippen molar-refractivity contribution >= 4 is 16.7 Å². The van der Waals surface area contributed by atoms with E-state index in [4.69, 9.17) is 0 Å². The standard InChI is InChI=1S/C15H17F3N4/c1-2-19-11-5-6-22(8-11)14-12-4-3-10(15(16,17)18)7-13(12)20-9-21-14/h3-4,7,9,11,19H,2,5-6,8H2,1H3. The number of alkyl halides is 3. The fourth-order valence-electron chi connectivity index (χ4n) is 2.88. The summed E-state index contributed by atoms with van der Waals surface area (Å²) in [5, 5.41) is 4.05. The van der Waals surface area contributed by atoms with Gasteiger partial charge in [0, 0.05) is 24.5 Å². The Balaban J connectivity index is 1.94. The van der Waals surface area contributed by atoms with Gasteiger partial charge in [0.05, 0.1) is 11.1 Å². The molecule has 1 fully saturated rings. The number of rotatable bonds is 3. The van der Waals surface area contributed by atoms with Crippen molar-refractivity contribution in [2.24, 2.45) is 0 Å². The van der Waals surface area contributed by atoms with Gasteiger partial charge in [0.15, 0.2) is 0 Å². The molecule has 1 aliphatic rings. The molecule has 1 saturated heterocycles. The van der Waals surface area contributed by atoms with E-state index in [-0.39, 0.29) is 0 Å². The Bertz CT molecular complexity index is 671. The molecule has 0 bridgehead atoms. The number of fused-ring (bicyclic) bond motifs is 1. The maximum absolute atomic E-state index is 12.8. The lowest BCUT2D eigenvalue weighted by atomic mass is 10.1. The smallest absolute Gasteiger partial charge is 0.354 e. The van der Waals surface area contributed by atoms with Crippen LogP contribution in [0.2, 0.25) is 0 Å². The van der Waals surface area contributed by atoms with Gasteiger partial charge >= 0.3 is 6.18 Å². The Morgan fingerprint density at radius 2 is 2.14 bits per heavy atom. The molecule has 1 N–H and O–H groups in total. The Hall–Kier alpha value is -1.89. The van der Waals surface area contributed by atoms with Gasteiger partial charge in [0.25, 0.3) is 0 Å². The van der Waals surface area contributed by atoms with Gasteiger partial charge in [-0.25, -0.2) is 9.97 Å². The highest BCUT2D eigenvalue weighted by atomic mass is 19.4. The number of benzene rings is 1. The molecular formula is C15H17F3N4. The van der Waals surface area contributed by atoms with Gasteiger partial charge in [0.2, 0.25) is 0 Å². The van der Waals surface area contributed by atoms with E-state index in [1.165, 1.54) is 12.4 Å². The van der Waals surface area contributed by atoms with E-state index in [1.807, 2.05) is 0 Å². The second kappa shape index (κ2) is 5.72. The van der Waals surface area contributed by atoms with E-state index >= 15 is 0 Å². The molecule has 7 heteroatoms. The van der Waals surface area contributed by atoms with E-state index < -0.39 is 11.7 Å². The van der Waals surface area contributed by atoms with Gasteiger partial charge < -0.3 is 10.2 Å². The minimum Gasteiger partial charge on any atom is -0.354 e. The van der Waals surface area contributed by atoms with Crippen LogP contribution in [0.5, 0.6) is 0 Å². The molecule has 1 aromatic heterocycles. The van der Waals surface area contributed by atoms with Crippen LogP contribution in [0.15, 0.2) is 24.5 Å². The van der Waals surface area contributed by atoms with Crippen molar-refractivity contribution in [3.8, 4) is 0 Å². The SMILES string of the molecule is CCNC1CCN(c2ncnc3cc(C(F)(F)F)ccc23)C1. The van der Waals surface area contributed by atoms with Crippen LogP contribution in [0, 0.1) is 0 Å². The zero-order valence-corrected chi connectivity index (χ0v) is 12.2. The molecule has 0 amide bonds. The van der Waals surface area contributed by atoms with Crippen LogP contribution >= 0.6 is 0 Å². The van der Waals surface area contributed by atoms with E-state index in [9.17, 15) is 13.2 Å². The summed E-state index contributed by atoms with van der Waals surface area (Å²) in [5.41, 5.74) is -0.358. The molecule has 1 unspecified atom stereocenters. The van der Waals surface area contributed by atoms with Gasteiger partial charge in [-0.1, -0.05) is 6.92 Å². The number of hydrogen-bond donors (Lipinski definition) is 1. The van der Waals surface area contributed by atoms with Crippen molar-refractivity contribution in [1.29, 1.82) is 0 Å². The van der Waals surface area contributed by atoms with Gasteiger partial charge in [-0.2, -0.15) is 13.2 Å². The molecule has 118 valence electrons. The summed E-state index contributed by atoms with van der Waals surface area (Å²) in [5.74, 6) is 0.708. The van der Waals surface area contributed by atoms with Crippen LogP contribution < -0.4 is 10.2 Å². The largest absolute Gasteiger partial charge is 0.416 e. The molecule has 3 rings (SSSR count). The van der Waals surface area contributed by atoms with Crippen LogP contribution in [0.25, 0.3) is 10.9 Å². The van der Waals surface area contributed by atoms with Gasteiger partial charge in [0.1, 0.15) is 12.1 Å². The lowest BCUT2D eigenvalue weighted by Gasteiger charge is -2.19. The Morgan fingerprint density at radius 3 is 2.86 bits per heavy atom. The zero-order valence-electron chi connectivity index (χ0n) is 12.2. The number of anilines is 1. The highest BCUT2D eigenvalue weighted by Gasteiger charge is 2.31. The normalized spacial score (nSPS) is 19.1. The van der Waals surface area contributed by atoms with Crippen molar-refractivity contribution in [2.75, 3.05) is 24.5 Å². The highest BCUT2D eigenvalue weighted by molar-refractivity contribution is 5.90. The molecule has 0 aliphatic carbocycles. The summed E-state index contributed by atoms with van der Waals surface area (Å²) in [4.78, 5) is 10.4. The van der Waals surface area contributed by atoms with E-state index in [0.717, 1.165) is 38.2 Å². The lowest BCUT2D eigenvalue weighted by molar-refractivity contribution is -0.137. The van der Waals surface area contributed by atoms with Crippen molar-refractivity contribution < 1.29 is 13.2 Å². The Kier molecular flexibility index (Phi) is 3.90. The maximum Gasteiger partial charge on any atom is 0.416 e. The van der Waals surface area contributed by atoms with Crippen LogP contribution in [0.3, 0.4) is 0 Å². The van der Waals surface area contributed by atoms with Crippen molar-refractivity contribution in [1.82, 2.24) is 15.3 Å². The van der Waals surface area contributed by atoms with E-state index in [1.54, 1.807) is 0 Å².